The third kappa shape index (κ3) is 3.79. The molecule has 0 spiro atoms. The van der Waals surface area contributed by atoms with Gasteiger partial charge in [0.15, 0.2) is 0 Å². The Bertz CT molecular complexity index is 414. The Balaban J connectivity index is 1.85. The number of carbonyl (C=O) groups excluding carboxylic acids is 1. The van der Waals surface area contributed by atoms with Crippen LogP contribution < -0.4 is 0 Å². The molecule has 0 aromatic carbocycles. The Labute approximate surface area is 115 Å². The molecule has 0 bridgehead atoms. The van der Waals surface area contributed by atoms with E-state index in [4.69, 9.17) is 4.74 Å². The van der Waals surface area contributed by atoms with Crippen molar-refractivity contribution in [3.63, 3.8) is 0 Å². The second-order valence-electron chi connectivity index (χ2n) is 6.49. The molecule has 0 amide bonds. The van der Waals surface area contributed by atoms with Crippen molar-refractivity contribution in [1.29, 1.82) is 0 Å². The van der Waals surface area contributed by atoms with Gasteiger partial charge in [0.25, 0.3) is 0 Å². The Hall–Kier alpha value is -1.38. The lowest BCUT2D eigenvalue weighted by molar-refractivity contribution is 0.00925. The van der Waals surface area contributed by atoms with Gasteiger partial charge in [0.1, 0.15) is 6.10 Å². The zero-order chi connectivity index (χ0) is 13.9. The number of nitrogens with zero attached hydrogens (tertiary/aromatic N) is 1. The highest BCUT2D eigenvalue weighted by molar-refractivity contribution is 5.89. The van der Waals surface area contributed by atoms with E-state index in [1.165, 1.54) is 0 Å². The fraction of sp³-hybridized carbons (Fsp3) is 0.625. The molecular formula is C16H23NO2. The number of pyridine rings is 1. The highest BCUT2D eigenvalue weighted by atomic mass is 16.5. The van der Waals surface area contributed by atoms with E-state index in [1.807, 2.05) is 0 Å². The van der Waals surface area contributed by atoms with Crippen LogP contribution in [-0.2, 0) is 4.74 Å². The third-order valence-corrected chi connectivity index (χ3v) is 4.07. The molecule has 1 aliphatic rings. The monoisotopic (exact) mass is 261 g/mol. The maximum Gasteiger partial charge on any atom is 0.339 e. The number of rotatable bonds is 2. The zero-order valence-electron chi connectivity index (χ0n) is 12.1. The van der Waals surface area contributed by atoms with Gasteiger partial charge in [-0.2, -0.15) is 0 Å². The van der Waals surface area contributed by atoms with Crippen LogP contribution in [0.25, 0.3) is 0 Å². The van der Waals surface area contributed by atoms with E-state index in [-0.39, 0.29) is 12.1 Å². The van der Waals surface area contributed by atoms with Gasteiger partial charge in [0.05, 0.1) is 5.56 Å². The summed E-state index contributed by atoms with van der Waals surface area (Å²) in [6, 6.07) is 3.50. The number of aromatic nitrogens is 1. The number of carbonyl (C=O) groups is 1. The predicted octanol–water partition coefficient (Wildman–Crippen LogP) is 3.84. The van der Waals surface area contributed by atoms with Crippen molar-refractivity contribution < 1.29 is 9.53 Å². The molecule has 0 saturated heterocycles. The van der Waals surface area contributed by atoms with Crippen LogP contribution in [0.2, 0.25) is 0 Å². The fourth-order valence-electron chi connectivity index (χ4n) is 2.75. The summed E-state index contributed by atoms with van der Waals surface area (Å²) in [5, 5.41) is 0. The lowest BCUT2D eigenvalue weighted by atomic mass is 9.72. The van der Waals surface area contributed by atoms with Crippen LogP contribution in [0.1, 0.15) is 56.8 Å². The second kappa shape index (κ2) is 5.72. The number of esters is 1. The highest BCUT2D eigenvalue weighted by Gasteiger charge is 2.31. The Morgan fingerprint density at radius 3 is 2.47 bits per heavy atom. The molecule has 0 N–H and O–H groups in total. The third-order valence-electron chi connectivity index (χ3n) is 4.07. The maximum absolute atomic E-state index is 11.9. The summed E-state index contributed by atoms with van der Waals surface area (Å²) < 4.78 is 5.56. The van der Waals surface area contributed by atoms with Crippen LogP contribution in [-0.4, -0.2) is 17.1 Å². The van der Waals surface area contributed by atoms with Gasteiger partial charge in [-0.3, -0.25) is 4.98 Å². The average Bonchev–Trinajstić information content (AvgIpc) is 2.39. The maximum atomic E-state index is 11.9. The van der Waals surface area contributed by atoms with Crippen LogP contribution in [0.3, 0.4) is 0 Å². The Morgan fingerprint density at radius 2 is 1.95 bits per heavy atom. The SMILES string of the molecule is CC(C)(C)C1CCC(OC(=O)c2cccnc2)CC1. The van der Waals surface area contributed by atoms with E-state index in [0.717, 1.165) is 31.6 Å². The van der Waals surface area contributed by atoms with E-state index in [0.29, 0.717) is 11.0 Å². The summed E-state index contributed by atoms with van der Waals surface area (Å²) in [6.07, 6.45) is 7.55. The molecule has 1 aliphatic carbocycles. The quantitative estimate of drug-likeness (QED) is 0.759. The van der Waals surface area contributed by atoms with Crippen molar-refractivity contribution >= 4 is 5.97 Å². The topological polar surface area (TPSA) is 39.2 Å². The first-order valence-electron chi connectivity index (χ1n) is 7.08. The van der Waals surface area contributed by atoms with Gasteiger partial charge in [-0.1, -0.05) is 20.8 Å². The van der Waals surface area contributed by atoms with Crippen LogP contribution in [0.15, 0.2) is 24.5 Å². The molecule has 1 heterocycles. The van der Waals surface area contributed by atoms with Gasteiger partial charge in [0.2, 0.25) is 0 Å². The van der Waals surface area contributed by atoms with Crippen LogP contribution in [0, 0.1) is 11.3 Å². The summed E-state index contributed by atoms with van der Waals surface area (Å²) in [5.41, 5.74) is 0.902. The van der Waals surface area contributed by atoms with Crippen molar-refractivity contribution in [3.8, 4) is 0 Å². The molecule has 1 fully saturated rings. The number of ether oxygens (including phenoxy) is 1. The summed E-state index contributed by atoms with van der Waals surface area (Å²) >= 11 is 0. The molecule has 104 valence electrons. The van der Waals surface area contributed by atoms with Crippen LogP contribution >= 0.6 is 0 Å². The van der Waals surface area contributed by atoms with Gasteiger partial charge >= 0.3 is 5.97 Å². The molecule has 1 saturated carbocycles. The fourth-order valence-corrected chi connectivity index (χ4v) is 2.75. The van der Waals surface area contributed by atoms with Gasteiger partial charge in [-0.15, -0.1) is 0 Å². The molecule has 0 radical (unpaired) electrons. The number of hydrogen-bond donors (Lipinski definition) is 0. The lowest BCUT2D eigenvalue weighted by Crippen LogP contribution is -2.30. The highest BCUT2D eigenvalue weighted by Crippen LogP contribution is 2.38. The van der Waals surface area contributed by atoms with Crippen molar-refractivity contribution in [2.75, 3.05) is 0 Å². The standard InChI is InChI=1S/C16H23NO2/c1-16(2,3)13-6-8-14(9-7-13)19-15(18)12-5-4-10-17-11-12/h4-5,10-11,13-14H,6-9H2,1-3H3. The van der Waals surface area contributed by atoms with Gasteiger partial charge in [-0.05, 0) is 49.1 Å². The molecule has 2 rings (SSSR count). The van der Waals surface area contributed by atoms with E-state index in [2.05, 4.69) is 25.8 Å². The molecule has 3 nitrogen and oxygen atoms in total. The van der Waals surface area contributed by atoms with E-state index < -0.39 is 0 Å². The lowest BCUT2D eigenvalue weighted by Gasteiger charge is -2.36. The van der Waals surface area contributed by atoms with Crippen LogP contribution in [0.5, 0.6) is 0 Å². The predicted molar refractivity (Wildman–Crippen MR) is 74.9 cm³/mol. The van der Waals surface area contributed by atoms with Gasteiger partial charge in [-0.25, -0.2) is 4.79 Å². The molecule has 1 aromatic rings. The normalized spacial score (nSPS) is 23.9. The van der Waals surface area contributed by atoms with Gasteiger partial charge < -0.3 is 4.74 Å². The first kappa shape index (κ1) is 14.0. The molecule has 0 atom stereocenters. The summed E-state index contributed by atoms with van der Waals surface area (Å²) in [6.45, 7) is 6.87. The molecule has 0 unspecified atom stereocenters. The van der Waals surface area contributed by atoms with Crippen LogP contribution in [0.4, 0.5) is 0 Å². The number of hydrogen-bond acceptors (Lipinski definition) is 3. The largest absolute Gasteiger partial charge is 0.459 e. The summed E-state index contributed by atoms with van der Waals surface area (Å²) in [7, 11) is 0. The molecule has 0 aliphatic heterocycles. The first-order valence-corrected chi connectivity index (χ1v) is 7.08. The van der Waals surface area contributed by atoms with E-state index in [1.54, 1.807) is 24.5 Å². The van der Waals surface area contributed by atoms with Crippen molar-refractivity contribution in [3.05, 3.63) is 30.1 Å². The molecule has 19 heavy (non-hydrogen) atoms. The Morgan fingerprint density at radius 1 is 1.26 bits per heavy atom. The molecular weight excluding hydrogens is 238 g/mol. The average molecular weight is 261 g/mol. The van der Waals surface area contributed by atoms with E-state index >= 15 is 0 Å². The Kier molecular flexibility index (Phi) is 4.23. The molecule has 3 heteroatoms. The molecule has 1 aromatic heterocycles. The second-order valence-corrected chi connectivity index (χ2v) is 6.49. The van der Waals surface area contributed by atoms with Crippen molar-refractivity contribution in [1.82, 2.24) is 4.98 Å². The first-order chi connectivity index (χ1) is 8.97. The summed E-state index contributed by atoms with van der Waals surface area (Å²) in [4.78, 5) is 15.9. The van der Waals surface area contributed by atoms with E-state index in [9.17, 15) is 4.79 Å². The van der Waals surface area contributed by atoms with Gasteiger partial charge in [0, 0.05) is 12.4 Å². The minimum Gasteiger partial charge on any atom is -0.459 e. The van der Waals surface area contributed by atoms with Crippen molar-refractivity contribution in [2.45, 2.75) is 52.6 Å². The van der Waals surface area contributed by atoms with Crippen molar-refractivity contribution in [2.24, 2.45) is 11.3 Å². The zero-order valence-corrected chi connectivity index (χ0v) is 12.1. The minimum atomic E-state index is -0.243. The smallest absolute Gasteiger partial charge is 0.339 e. The summed E-state index contributed by atoms with van der Waals surface area (Å²) in [5.74, 6) is 0.494. The minimum absolute atomic E-state index is 0.0753.